The highest BCUT2D eigenvalue weighted by atomic mass is 16.5. The van der Waals surface area contributed by atoms with Crippen molar-refractivity contribution < 1.29 is 19.0 Å². The summed E-state index contributed by atoms with van der Waals surface area (Å²) in [6.07, 6.45) is 7.37. The van der Waals surface area contributed by atoms with Crippen molar-refractivity contribution >= 4 is 5.97 Å². The van der Waals surface area contributed by atoms with Crippen LogP contribution in [0.1, 0.15) is 57.6 Å². The molecule has 0 aliphatic heterocycles. The summed E-state index contributed by atoms with van der Waals surface area (Å²) in [7, 11) is 1.62. The number of hydrogen-bond donors (Lipinski definition) is 0. The van der Waals surface area contributed by atoms with Crippen LogP contribution in [0, 0.1) is 17.8 Å². The van der Waals surface area contributed by atoms with Crippen molar-refractivity contribution in [2.75, 3.05) is 20.3 Å². The maximum Gasteiger partial charge on any atom is 0.309 e. The van der Waals surface area contributed by atoms with E-state index in [2.05, 4.69) is 17.1 Å². The number of esters is 1. The van der Waals surface area contributed by atoms with E-state index in [9.17, 15) is 4.79 Å². The predicted octanol–water partition coefficient (Wildman–Crippen LogP) is 4.42. The fraction of sp³-hybridized carbons (Fsp3) is 0.583. The van der Waals surface area contributed by atoms with Crippen molar-refractivity contribution in [2.24, 2.45) is 17.8 Å². The number of ether oxygens (including phenoxy) is 3. The first-order valence-corrected chi connectivity index (χ1v) is 11.3. The Labute approximate surface area is 183 Å². The molecule has 2 heterocycles. The highest BCUT2D eigenvalue weighted by molar-refractivity contribution is 5.77. The molecular weight excluding hydrogens is 394 g/mol. The van der Waals surface area contributed by atoms with Gasteiger partial charge in [0, 0.05) is 17.5 Å². The summed E-state index contributed by atoms with van der Waals surface area (Å²) in [4.78, 5) is 16.9. The minimum Gasteiger partial charge on any atom is -0.495 e. The first kappa shape index (κ1) is 21.5. The number of carbonyl (C=O) groups is 1. The average molecular weight is 426 g/mol. The van der Waals surface area contributed by atoms with Crippen LogP contribution in [0.25, 0.3) is 11.3 Å². The summed E-state index contributed by atoms with van der Waals surface area (Å²) in [6, 6.07) is 5.67. The molecule has 0 N–H and O–H groups in total. The molecule has 2 fully saturated rings. The molecule has 2 aromatic rings. The molecule has 0 saturated heterocycles. The molecule has 31 heavy (non-hydrogen) atoms. The van der Waals surface area contributed by atoms with Gasteiger partial charge in [-0.15, -0.1) is 5.10 Å². The van der Waals surface area contributed by atoms with Crippen LogP contribution in [0.15, 0.2) is 24.4 Å². The van der Waals surface area contributed by atoms with Gasteiger partial charge in [0.15, 0.2) is 0 Å². The summed E-state index contributed by atoms with van der Waals surface area (Å²) >= 11 is 0. The van der Waals surface area contributed by atoms with E-state index in [1.807, 2.05) is 25.1 Å². The topological polar surface area (TPSA) is 83.4 Å². The number of carbonyl (C=O) groups excluding carboxylic acids is 1. The van der Waals surface area contributed by atoms with Crippen LogP contribution in [-0.2, 0) is 9.53 Å². The second-order valence-corrected chi connectivity index (χ2v) is 8.70. The van der Waals surface area contributed by atoms with E-state index in [1.165, 1.54) is 25.7 Å². The van der Waals surface area contributed by atoms with Crippen molar-refractivity contribution in [3.63, 3.8) is 0 Å². The van der Waals surface area contributed by atoms with Gasteiger partial charge in [0.25, 0.3) is 0 Å². The lowest BCUT2D eigenvalue weighted by Gasteiger charge is -2.25. The fourth-order valence-electron chi connectivity index (χ4n) is 4.32. The van der Waals surface area contributed by atoms with E-state index < -0.39 is 0 Å². The minimum absolute atomic E-state index is 0.0214. The Morgan fingerprint density at radius 2 is 2.00 bits per heavy atom. The van der Waals surface area contributed by atoms with Crippen molar-refractivity contribution in [1.82, 2.24) is 15.2 Å². The highest BCUT2D eigenvalue weighted by Crippen LogP contribution is 2.50. The van der Waals surface area contributed by atoms with Crippen LogP contribution in [0.5, 0.6) is 11.6 Å². The number of methoxy groups -OCH3 is 1. The van der Waals surface area contributed by atoms with Crippen LogP contribution in [0.4, 0.5) is 0 Å². The lowest BCUT2D eigenvalue weighted by atomic mass is 9.83. The summed E-state index contributed by atoms with van der Waals surface area (Å²) < 4.78 is 16.6. The highest BCUT2D eigenvalue weighted by Gasteiger charge is 2.47. The van der Waals surface area contributed by atoms with Gasteiger partial charge in [-0.05, 0) is 50.2 Å². The molecule has 0 spiro atoms. The third-order valence-corrected chi connectivity index (χ3v) is 6.37. The molecule has 0 bridgehead atoms. The van der Waals surface area contributed by atoms with Gasteiger partial charge in [-0.3, -0.25) is 4.79 Å². The van der Waals surface area contributed by atoms with Gasteiger partial charge < -0.3 is 14.2 Å². The zero-order chi connectivity index (χ0) is 21.8. The summed E-state index contributed by atoms with van der Waals surface area (Å²) in [5, 5.41) is 8.25. The number of hydrogen-bond acceptors (Lipinski definition) is 7. The SMILES string of the molecule is CCOC(=O)[C@H]1C[C@@H]1c1nc(-c2cnnc(OC[C@H]3CC[C@H](C)CC3)c2)ccc1OC. The maximum atomic E-state index is 12.1. The molecule has 4 rings (SSSR count). The summed E-state index contributed by atoms with van der Waals surface area (Å²) in [5.41, 5.74) is 2.38. The third-order valence-electron chi connectivity index (χ3n) is 6.37. The Bertz CT molecular complexity index is 911. The number of nitrogens with zero attached hydrogens (tertiary/aromatic N) is 3. The lowest BCUT2D eigenvalue weighted by Crippen LogP contribution is -2.19. The first-order valence-electron chi connectivity index (χ1n) is 11.3. The summed E-state index contributed by atoms with van der Waals surface area (Å²) in [5.74, 6) is 2.32. The Kier molecular flexibility index (Phi) is 6.68. The van der Waals surface area contributed by atoms with E-state index in [0.717, 1.165) is 29.3 Å². The molecular formula is C24H31N3O4. The summed E-state index contributed by atoms with van der Waals surface area (Å²) in [6.45, 7) is 5.20. The second-order valence-electron chi connectivity index (χ2n) is 8.70. The molecule has 7 nitrogen and oxygen atoms in total. The smallest absolute Gasteiger partial charge is 0.309 e. The van der Waals surface area contributed by atoms with Crippen LogP contribution < -0.4 is 9.47 Å². The third kappa shape index (κ3) is 5.14. The lowest BCUT2D eigenvalue weighted by molar-refractivity contribution is -0.144. The molecule has 0 radical (unpaired) electrons. The van der Waals surface area contributed by atoms with Gasteiger partial charge in [-0.2, -0.15) is 5.10 Å². The van der Waals surface area contributed by atoms with Crippen molar-refractivity contribution in [1.29, 1.82) is 0 Å². The Morgan fingerprint density at radius 1 is 1.19 bits per heavy atom. The zero-order valence-electron chi connectivity index (χ0n) is 18.5. The molecule has 0 amide bonds. The average Bonchev–Trinajstić information content (AvgIpc) is 3.60. The Morgan fingerprint density at radius 3 is 2.74 bits per heavy atom. The van der Waals surface area contributed by atoms with Crippen molar-refractivity contribution in [2.45, 2.75) is 51.9 Å². The molecule has 2 saturated carbocycles. The monoisotopic (exact) mass is 425 g/mol. The van der Waals surface area contributed by atoms with E-state index in [0.29, 0.717) is 30.8 Å². The van der Waals surface area contributed by atoms with Gasteiger partial charge in [-0.25, -0.2) is 4.98 Å². The number of pyridine rings is 1. The van der Waals surface area contributed by atoms with Crippen molar-refractivity contribution in [3.05, 3.63) is 30.1 Å². The largest absolute Gasteiger partial charge is 0.495 e. The predicted molar refractivity (Wildman–Crippen MR) is 116 cm³/mol. The fourth-order valence-corrected chi connectivity index (χ4v) is 4.32. The van der Waals surface area contributed by atoms with E-state index >= 15 is 0 Å². The normalized spacial score (nSPS) is 25.0. The molecule has 0 unspecified atom stereocenters. The van der Waals surface area contributed by atoms with Crippen LogP contribution >= 0.6 is 0 Å². The molecule has 0 aromatic carbocycles. The van der Waals surface area contributed by atoms with Crippen LogP contribution in [0.3, 0.4) is 0 Å². The van der Waals surface area contributed by atoms with Crippen molar-refractivity contribution in [3.8, 4) is 22.9 Å². The molecule has 2 aliphatic carbocycles. The van der Waals surface area contributed by atoms with Crippen LogP contribution in [0.2, 0.25) is 0 Å². The van der Waals surface area contributed by atoms with E-state index in [-0.39, 0.29) is 17.8 Å². The quantitative estimate of drug-likeness (QED) is 0.579. The Hall–Kier alpha value is -2.70. The Balaban J connectivity index is 1.47. The number of rotatable bonds is 8. The number of aromatic nitrogens is 3. The second kappa shape index (κ2) is 9.62. The van der Waals surface area contributed by atoms with Gasteiger partial charge in [-0.1, -0.05) is 19.8 Å². The van der Waals surface area contributed by atoms with Gasteiger partial charge in [0.1, 0.15) is 5.75 Å². The maximum absolute atomic E-state index is 12.1. The minimum atomic E-state index is -0.167. The molecule has 7 heteroatoms. The van der Waals surface area contributed by atoms with Gasteiger partial charge >= 0.3 is 5.97 Å². The standard InChI is InChI=1S/C24H31N3O4/c1-4-30-24(28)19-12-18(19)23-21(29-3)10-9-20(26-23)17-11-22(27-25-13-17)31-14-16-7-5-15(2)6-8-16/h9-11,13,15-16,18-19H,4-8,12,14H2,1-3H3/t15-,16-,18-,19-/m0/s1. The van der Waals surface area contributed by atoms with E-state index in [4.69, 9.17) is 19.2 Å². The molecule has 2 aromatic heterocycles. The van der Waals surface area contributed by atoms with Gasteiger partial charge in [0.05, 0.1) is 43.8 Å². The first-order chi connectivity index (χ1) is 15.1. The van der Waals surface area contributed by atoms with Crippen LogP contribution in [-0.4, -0.2) is 41.5 Å². The molecule has 2 aliphatic rings. The molecule has 2 atom stereocenters. The zero-order valence-corrected chi connectivity index (χ0v) is 18.5. The molecule has 166 valence electrons. The van der Waals surface area contributed by atoms with Gasteiger partial charge in [0.2, 0.25) is 5.88 Å². The van der Waals surface area contributed by atoms with E-state index in [1.54, 1.807) is 13.3 Å².